The Morgan fingerprint density at radius 1 is 0.320 bits per heavy atom. The van der Waals surface area contributed by atoms with Crippen molar-refractivity contribution in [1.29, 1.82) is 0 Å². The highest BCUT2D eigenvalue weighted by Gasteiger charge is 2.15. The minimum atomic E-state index is 0.646. The van der Waals surface area contributed by atoms with Gasteiger partial charge in [-0.05, 0) is 106 Å². The molecule has 0 aliphatic rings. The van der Waals surface area contributed by atoms with Crippen molar-refractivity contribution >= 4 is 64.6 Å². The van der Waals surface area contributed by atoms with Crippen LogP contribution in [0.2, 0.25) is 0 Å². The number of hydrogen-bond donors (Lipinski definition) is 0. The molecule has 0 amide bonds. The Morgan fingerprint density at radius 2 is 0.700 bits per heavy atom. The van der Waals surface area contributed by atoms with Crippen LogP contribution in [0.1, 0.15) is 40.5 Å². The van der Waals surface area contributed by atoms with Crippen molar-refractivity contribution in [2.45, 2.75) is 40.5 Å². The van der Waals surface area contributed by atoms with Crippen LogP contribution in [0, 0.1) is 0 Å². The molecule has 0 N–H and O–H groups in total. The lowest BCUT2D eigenvalue weighted by Gasteiger charge is -2.16. The molecule has 8 aromatic carbocycles. The summed E-state index contributed by atoms with van der Waals surface area (Å²) in [6, 6.07) is 42.6. The highest BCUT2D eigenvalue weighted by Crippen LogP contribution is 2.42. The standard InChI is InChI=1S/C24H24O2.C22H20O2/c1-3-15-25-22-13-14-23(26-16-4-2)24-20-10-9-17-7-5-6-8-18(17)19(20)11-12-21(22)24;1-3-23-20-13-14-21(24-4-2)22-18-10-9-15-7-5-6-8-16(15)17(18)11-12-19(20)22/h5-14H,3-4,15-16H2,1-2H3;5-14H,3-4H2,1-2H3. The van der Waals surface area contributed by atoms with E-state index in [-0.39, 0.29) is 0 Å². The lowest BCUT2D eigenvalue weighted by atomic mass is 9.96. The van der Waals surface area contributed by atoms with Crippen molar-refractivity contribution in [3.8, 4) is 23.0 Å². The van der Waals surface area contributed by atoms with Gasteiger partial charge in [-0.2, -0.15) is 0 Å². The first-order valence-electron chi connectivity index (χ1n) is 17.9. The van der Waals surface area contributed by atoms with Gasteiger partial charge in [0.2, 0.25) is 0 Å². The smallest absolute Gasteiger partial charge is 0.128 e. The second-order valence-electron chi connectivity index (χ2n) is 12.4. The normalized spacial score (nSPS) is 11.3. The summed E-state index contributed by atoms with van der Waals surface area (Å²) in [5, 5.41) is 14.5. The molecule has 252 valence electrons. The van der Waals surface area contributed by atoms with Gasteiger partial charge in [0.05, 0.1) is 26.4 Å². The summed E-state index contributed by atoms with van der Waals surface area (Å²) in [5.74, 6) is 3.69. The van der Waals surface area contributed by atoms with Crippen molar-refractivity contribution in [2.75, 3.05) is 26.4 Å². The molecule has 0 saturated heterocycles. The topological polar surface area (TPSA) is 36.9 Å². The van der Waals surface area contributed by atoms with Gasteiger partial charge in [-0.15, -0.1) is 0 Å². The highest BCUT2D eigenvalue weighted by atomic mass is 16.5. The van der Waals surface area contributed by atoms with E-state index in [9.17, 15) is 0 Å². The van der Waals surface area contributed by atoms with E-state index in [1.165, 1.54) is 43.1 Å². The van der Waals surface area contributed by atoms with Crippen LogP contribution in [0.15, 0.2) is 121 Å². The fourth-order valence-corrected chi connectivity index (χ4v) is 6.99. The fraction of sp³-hybridized carbons (Fsp3) is 0.217. The van der Waals surface area contributed by atoms with Gasteiger partial charge in [-0.3, -0.25) is 0 Å². The minimum Gasteiger partial charge on any atom is -0.493 e. The second kappa shape index (κ2) is 15.0. The maximum absolute atomic E-state index is 6.09. The van der Waals surface area contributed by atoms with Gasteiger partial charge in [-0.25, -0.2) is 0 Å². The van der Waals surface area contributed by atoms with Crippen molar-refractivity contribution < 1.29 is 18.9 Å². The van der Waals surface area contributed by atoms with E-state index in [4.69, 9.17) is 18.9 Å². The van der Waals surface area contributed by atoms with E-state index in [2.05, 4.69) is 117 Å². The summed E-state index contributed by atoms with van der Waals surface area (Å²) in [7, 11) is 0. The van der Waals surface area contributed by atoms with E-state index in [1.807, 2.05) is 32.0 Å². The Kier molecular flexibility index (Phi) is 9.89. The number of benzene rings is 8. The number of fused-ring (bicyclic) bond motifs is 10. The van der Waals surface area contributed by atoms with Crippen LogP contribution in [-0.4, -0.2) is 26.4 Å². The van der Waals surface area contributed by atoms with E-state index < -0.39 is 0 Å². The zero-order valence-corrected chi connectivity index (χ0v) is 29.4. The maximum Gasteiger partial charge on any atom is 0.128 e. The van der Waals surface area contributed by atoms with Crippen molar-refractivity contribution in [1.82, 2.24) is 0 Å². The first kappa shape index (κ1) is 33.0. The molecule has 0 fully saturated rings. The molecule has 0 unspecified atom stereocenters. The van der Waals surface area contributed by atoms with Crippen LogP contribution < -0.4 is 18.9 Å². The second-order valence-corrected chi connectivity index (χ2v) is 12.4. The number of rotatable bonds is 10. The molecule has 4 heteroatoms. The minimum absolute atomic E-state index is 0.646. The molecule has 0 bridgehead atoms. The predicted octanol–water partition coefficient (Wildman–Crippen LogP) is 12.7. The Labute approximate surface area is 294 Å². The van der Waals surface area contributed by atoms with Crippen LogP contribution in [0.3, 0.4) is 0 Å². The summed E-state index contributed by atoms with van der Waals surface area (Å²) in [5.41, 5.74) is 0. The Balaban J connectivity index is 0.000000157. The van der Waals surface area contributed by atoms with Gasteiger partial charge in [0.25, 0.3) is 0 Å². The summed E-state index contributed by atoms with van der Waals surface area (Å²) >= 11 is 0. The quantitative estimate of drug-likeness (QED) is 0.137. The van der Waals surface area contributed by atoms with Gasteiger partial charge in [0.1, 0.15) is 23.0 Å². The number of ether oxygens (including phenoxy) is 4. The van der Waals surface area contributed by atoms with E-state index in [0.29, 0.717) is 19.8 Å². The molecule has 0 heterocycles. The molecule has 0 aliphatic carbocycles. The Hall–Kier alpha value is -5.48. The first-order chi connectivity index (χ1) is 24.7. The van der Waals surface area contributed by atoms with E-state index in [1.54, 1.807) is 0 Å². The molecule has 0 atom stereocenters. The molecule has 8 rings (SSSR count). The summed E-state index contributed by atoms with van der Waals surface area (Å²) in [4.78, 5) is 0. The van der Waals surface area contributed by atoms with Crippen LogP contribution in [0.25, 0.3) is 64.6 Å². The van der Waals surface area contributed by atoms with Crippen molar-refractivity contribution in [2.24, 2.45) is 0 Å². The molecule has 0 saturated carbocycles. The van der Waals surface area contributed by atoms with Crippen molar-refractivity contribution in [3.05, 3.63) is 121 Å². The molecule has 0 radical (unpaired) electrons. The monoisotopic (exact) mass is 660 g/mol. The average Bonchev–Trinajstić information content (AvgIpc) is 3.17. The third-order valence-electron chi connectivity index (χ3n) is 9.17. The van der Waals surface area contributed by atoms with Crippen LogP contribution in [0.5, 0.6) is 23.0 Å². The lowest BCUT2D eigenvalue weighted by Crippen LogP contribution is -1.99. The Bertz CT molecular complexity index is 2450. The van der Waals surface area contributed by atoms with Gasteiger partial charge in [0, 0.05) is 21.5 Å². The molecule has 0 spiro atoms. The molecule has 4 nitrogen and oxygen atoms in total. The summed E-state index contributed by atoms with van der Waals surface area (Å²) in [6.07, 6.45) is 1.98. The highest BCUT2D eigenvalue weighted by molar-refractivity contribution is 6.21. The molecule has 8 aromatic rings. The molecule has 0 aliphatic heterocycles. The molecular weight excluding hydrogens is 617 g/mol. The average molecular weight is 661 g/mol. The zero-order valence-electron chi connectivity index (χ0n) is 29.4. The SMILES string of the molecule is CCCOc1ccc(OCCC)c2c1ccc1c3ccccc3ccc12.CCOc1ccc(OCC)c2c1ccc1c3ccccc3ccc12. The third kappa shape index (κ3) is 6.22. The van der Waals surface area contributed by atoms with Crippen molar-refractivity contribution in [3.63, 3.8) is 0 Å². The summed E-state index contributed by atoms with van der Waals surface area (Å²) < 4.78 is 23.9. The lowest BCUT2D eigenvalue weighted by molar-refractivity contribution is 0.314. The third-order valence-corrected chi connectivity index (χ3v) is 9.17. The van der Waals surface area contributed by atoms with Gasteiger partial charge in [-0.1, -0.05) is 98.8 Å². The molecule has 0 aromatic heterocycles. The fourth-order valence-electron chi connectivity index (χ4n) is 6.99. The first-order valence-corrected chi connectivity index (χ1v) is 17.9. The van der Waals surface area contributed by atoms with Gasteiger partial charge in [0.15, 0.2) is 0 Å². The van der Waals surface area contributed by atoms with Crippen LogP contribution in [-0.2, 0) is 0 Å². The number of hydrogen-bond acceptors (Lipinski definition) is 4. The zero-order chi connectivity index (χ0) is 34.5. The molecule has 50 heavy (non-hydrogen) atoms. The summed E-state index contributed by atoms with van der Waals surface area (Å²) in [6.45, 7) is 11.0. The van der Waals surface area contributed by atoms with E-state index >= 15 is 0 Å². The maximum atomic E-state index is 6.09. The van der Waals surface area contributed by atoms with Crippen LogP contribution in [0.4, 0.5) is 0 Å². The largest absolute Gasteiger partial charge is 0.493 e. The van der Waals surface area contributed by atoms with Crippen LogP contribution >= 0.6 is 0 Å². The van der Waals surface area contributed by atoms with Gasteiger partial charge >= 0.3 is 0 Å². The molecular formula is C46H44O4. The predicted molar refractivity (Wildman–Crippen MR) is 212 cm³/mol. The van der Waals surface area contributed by atoms with Gasteiger partial charge < -0.3 is 18.9 Å². The van der Waals surface area contributed by atoms with E-state index in [0.717, 1.165) is 64.0 Å². The Morgan fingerprint density at radius 3 is 1.20 bits per heavy atom.